The third-order valence-electron chi connectivity index (χ3n) is 2.41. The van der Waals surface area contributed by atoms with E-state index in [0.717, 1.165) is 0 Å². The Bertz CT molecular complexity index is 610. The van der Waals surface area contributed by atoms with Gasteiger partial charge in [-0.05, 0) is 13.3 Å². The number of fused-ring (bicyclic) bond motifs is 1. The zero-order valence-electron chi connectivity index (χ0n) is 9.91. The summed E-state index contributed by atoms with van der Waals surface area (Å²) < 4.78 is 6.51. The van der Waals surface area contributed by atoms with Crippen molar-refractivity contribution in [3.8, 4) is 0 Å². The molecule has 2 aromatic heterocycles. The summed E-state index contributed by atoms with van der Waals surface area (Å²) in [6.07, 6.45) is 2.11. The molecule has 2 rings (SSSR count). The molecule has 0 bridgehead atoms. The number of hydrogen-bond donors (Lipinski definition) is 0. The second-order valence-corrected chi connectivity index (χ2v) is 4.30. The van der Waals surface area contributed by atoms with Crippen molar-refractivity contribution in [1.82, 2.24) is 14.4 Å². The van der Waals surface area contributed by atoms with Crippen LogP contribution < -0.4 is 0 Å². The summed E-state index contributed by atoms with van der Waals surface area (Å²) in [7, 11) is 0. The van der Waals surface area contributed by atoms with E-state index >= 15 is 0 Å². The molecule has 0 aliphatic heterocycles. The summed E-state index contributed by atoms with van der Waals surface area (Å²) in [4.78, 5) is 20.2. The van der Waals surface area contributed by atoms with E-state index in [2.05, 4.69) is 9.97 Å². The van der Waals surface area contributed by atoms with Gasteiger partial charge in [0.2, 0.25) is 5.78 Å². The maximum atomic E-state index is 11.9. The van der Waals surface area contributed by atoms with Crippen molar-refractivity contribution in [2.45, 2.75) is 20.3 Å². The molecule has 2 heterocycles. The van der Waals surface area contributed by atoms with E-state index < -0.39 is 5.97 Å². The summed E-state index contributed by atoms with van der Waals surface area (Å²) in [5.41, 5.74) is 0.958. The van der Waals surface area contributed by atoms with Gasteiger partial charge in [-0.15, -0.1) is 0 Å². The Labute approximate surface area is 114 Å². The van der Waals surface area contributed by atoms with Gasteiger partial charge in [-0.2, -0.15) is 4.98 Å². The Morgan fingerprint density at radius 2 is 2.11 bits per heavy atom. The monoisotopic (exact) mass is 287 g/mol. The molecule has 7 heteroatoms. The van der Waals surface area contributed by atoms with E-state index in [1.165, 1.54) is 10.6 Å². The maximum absolute atomic E-state index is 11.9. The molecule has 0 atom stereocenters. The van der Waals surface area contributed by atoms with E-state index in [1.54, 1.807) is 6.92 Å². The number of halogens is 2. The Hall–Kier alpha value is -1.33. The Balaban J connectivity index is 2.68. The number of ether oxygens (including phenoxy) is 1. The first-order valence-electron chi connectivity index (χ1n) is 5.48. The summed E-state index contributed by atoms with van der Waals surface area (Å²) in [5, 5.41) is 0.419. The number of esters is 1. The third kappa shape index (κ3) is 2.15. The van der Waals surface area contributed by atoms with Gasteiger partial charge in [0.05, 0.1) is 17.3 Å². The normalized spacial score (nSPS) is 10.9. The smallest absolute Gasteiger partial charge is 0.357 e. The molecule has 0 saturated heterocycles. The number of aromatic nitrogens is 3. The molecule has 2 aromatic rings. The molecule has 0 fully saturated rings. The SMILES string of the molecule is CCOC(=O)c1c(CC)nc2nc(Cl)c(Cl)cn12. The molecular weight excluding hydrogens is 277 g/mol. The lowest BCUT2D eigenvalue weighted by atomic mass is 10.2. The largest absolute Gasteiger partial charge is 0.461 e. The fourth-order valence-electron chi connectivity index (χ4n) is 1.64. The molecule has 5 nitrogen and oxygen atoms in total. The number of rotatable bonds is 3. The van der Waals surface area contributed by atoms with E-state index in [-0.39, 0.29) is 10.2 Å². The van der Waals surface area contributed by atoms with Gasteiger partial charge in [0, 0.05) is 6.20 Å². The van der Waals surface area contributed by atoms with Gasteiger partial charge in [-0.1, -0.05) is 30.1 Å². The number of hydrogen-bond acceptors (Lipinski definition) is 4. The van der Waals surface area contributed by atoms with Crippen LogP contribution in [0.5, 0.6) is 0 Å². The highest BCUT2D eigenvalue weighted by Gasteiger charge is 2.21. The van der Waals surface area contributed by atoms with E-state index in [4.69, 9.17) is 27.9 Å². The molecule has 0 spiro atoms. The number of imidazole rings is 1. The van der Waals surface area contributed by atoms with Gasteiger partial charge >= 0.3 is 5.97 Å². The van der Waals surface area contributed by atoms with Crippen molar-refractivity contribution in [3.05, 3.63) is 27.8 Å². The molecular formula is C11H11Cl2N3O2. The van der Waals surface area contributed by atoms with Crippen LogP contribution in [-0.4, -0.2) is 26.9 Å². The van der Waals surface area contributed by atoms with Crippen LogP contribution in [-0.2, 0) is 11.2 Å². The lowest BCUT2D eigenvalue weighted by Crippen LogP contribution is -2.10. The second kappa shape index (κ2) is 5.12. The molecule has 0 unspecified atom stereocenters. The van der Waals surface area contributed by atoms with Crippen LogP contribution in [0.3, 0.4) is 0 Å². The molecule has 96 valence electrons. The van der Waals surface area contributed by atoms with Gasteiger partial charge in [0.25, 0.3) is 0 Å². The summed E-state index contributed by atoms with van der Waals surface area (Å²) in [6, 6.07) is 0. The molecule has 0 saturated carbocycles. The van der Waals surface area contributed by atoms with Crippen LogP contribution in [0.2, 0.25) is 10.2 Å². The zero-order valence-corrected chi connectivity index (χ0v) is 11.4. The minimum absolute atomic E-state index is 0.159. The van der Waals surface area contributed by atoms with Crippen molar-refractivity contribution in [2.75, 3.05) is 6.61 Å². The fourth-order valence-corrected chi connectivity index (χ4v) is 1.90. The highest BCUT2D eigenvalue weighted by molar-refractivity contribution is 6.41. The van der Waals surface area contributed by atoms with Crippen LogP contribution in [0.4, 0.5) is 0 Å². The zero-order chi connectivity index (χ0) is 13.3. The van der Waals surface area contributed by atoms with E-state index in [9.17, 15) is 4.79 Å². The van der Waals surface area contributed by atoms with Crippen LogP contribution in [0.15, 0.2) is 6.20 Å². The Morgan fingerprint density at radius 1 is 1.39 bits per heavy atom. The highest BCUT2D eigenvalue weighted by Crippen LogP contribution is 2.22. The van der Waals surface area contributed by atoms with Crippen LogP contribution in [0.25, 0.3) is 5.78 Å². The minimum atomic E-state index is -0.443. The van der Waals surface area contributed by atoms with Crippen LogP contribution in [0.1, 0.15) is 30.0 Å². The fraction of sp³-hybridized carbons (Fsp3) is 0.364. The number of carbonyl (C=O) groups excluding carboxylic acids is 1. The lowest BCUT2D eigenvalue weighted by Gasteiger charge is -2.03. The van der Waals surface area contributed by atoms with Crippen LogP contribution in [0, 0.1) is 0 Å². The highest BCUT2D eigenvalue weighted by atomic mass is 35.5. The average Bonchev–Trinajstić information content (AvgIpc) is 2.68. The molecule has 0 aromatic carbocycles. The van der Waals surface area contributed by atoms with Gasteiger partial charge in [-0.25, -0.2) is 9.78 Å². The van der Waals surface area contributed by atoms with Gasteiger partial charge in [0.15, 0.2) is 10.8 Å². The molecule has 18 heavy (non-hydrogen) atoms. The molecule has 0 aliphatic rings. The van der Waals surface area contributed by atoms with E-state index in [1.807, 2.05) is 6.92 Å². The molecule has 0 N–H and O–H groups in total. The average molecular weight is 288 g/mol. The second-order valence-electron chi connectivity index (χ2n) is 3.53. The minimum Gasteiger partial charge on any atom is -0.461 e. The number of carbonyl (C=O) groups is 1. The van der Waals surface area contributed by atoms with Crippen LogP contribution >= 0.6 is 23.2 Å². The topological polar surface area (TPSA) is 56.5 Å². The first-order chi connectivity index (χ1) is 8.58. The van der Waals surface area contributed by atoms with Gasteiger partial charge in [-0.3, -0.25) is 4.40 Å². The quantitative estimate of drug-likeness (QED) is 0.643. The number of nitrogens with zero attached hydrogens (tertiary/aromatic N) is 3. The van der Waals surface area contributed by atoms with Gasteiger partial charge in [0.1, 0.15) is 0 Å². The molecule has 0 aliphatic carbocycles. The van der Waals surface area contributed by atoms with E-state index in [0.29, 0.717) is 30.2 Å². The third-order valence-corrected chi connectivity index (χ3v) is 3.07. The number of aryl methyl sites for hydroxylation is 1. The van der Waals surface area contributed by atoms with Crippen molar-refractivity contribution >= 4 is 34.9 Å². The Kier molecular flexibility index (Phi) is 3.73. The molecule has 0 amide bonds. The maximum Gasteiger partial charge on any atom is 0.357 e. The predicted molar refractivity (Wildman–Crippen MR) is 68.3 cm³/mol. The summed E-state index contributed by atoms with van der Waals surface area (Å²) >= 11 is 11.7. The Morgan fingerprint density at radius 3 is 2.72 bits per heavy atom. The summed E-state index contributed by atoms with van der Waals surface area (Å²) in [6.45, 7) is 3.94. The van der Waals surface area contributed by atoms with Crippen molar-refractivity contribution in [2.24, 2.45) is 0 Å². The first kappa shape index (κ1) is 13.1. The van der Waals surface area contributed by atoms with Crippen molar-refractivity contribution < 1.29 is 9.53 Å². The standard InChI is InChI=1S/C11H11Cl2N3O2/c1-3-7-8(10(17)18-4-2)16-5-6(12)9(13)15-11(16)14-7/h5H,3-4H2,1-2H3. The first-order valence-corrected chi connectivity index (χ1v) is 6.24. The van der Waals surface area contributed by atoms with Crippen molar-refractivity contribution in [3.63, 3.8) is 0 Å². The molecule has 0 radical (unpaired) electrons. The summed E-state index contributed by atoms with van der Waals surface area (Å²) in [5.74, 6) is -0.105. The predicted octanol–water partition coefficient (Wildman–Crippen LogP) is 2.78. The van der Waals surface area contributed by atoms with Gasteiger partial charge < -0.3 is 4.74 Å². The lowest BCUT2D eigenvalue weighted by molar-refractivity contribution is 0.0517. The van der Waals surface area contributed by atoms with Crippen molar-refractivity contribution in [1.29, 1.82) is 0 Å².